The van der Waals surface area contributed by atoms with Gasteiger partial charge in [-0.15, -0.1) is 11.3 Å². The summed E-state index contributed by atoms with van der Waals surface area (Å²) >= 11 is 1.63. The molecule has 0 saturated carbocycles. The Hall–Kier alpha value is -3.47. The lowest BCUT2D eigenvalue weighted by atomic mass is 9.90. The molecule has 5 nitrogen and oxygen atoms in total. The van der Waals surface area contributed by atoms with E-state index < -0.39 is 0 Å². The van der Waals surface area contributed by atoms with E-state index in [4.69, 9.17) is 9.47 Å². The molecule has 0 N–H and O–H groups in total. The van der Waals surface area contributed by atoms with Gasteiger partial charge in [0.15, 0.2) is 0 Å². The zero-order valence-corrected chi connectivity index (χ0v) is 18.5. The summed E-state index contributed by atoms with van der Waals surface area (Å²) in [6, 6.07) is 12.9. The predicted molar refractivity (Wildman–Crippen MR) is 122 cm³/mol. The van der Waals surface area contributed by atoms with Crippen molar-refractivity contribution in [1.29, 1.82) is 5.26 Å². The van der Waals surface area contributed by atoms with Crippen molar-refractivity contribution in [2.75, 3.05) is 7.11 Å². The largest absolute Gasteiger partial charge is 0.488 e. The minimum absolute atomic E-state index is 0.296. The average molecular weight is 446 g/mol. The summed E-state index contributed by atoms with van der Waals surface area (Å²) in [6.45, 7) is 3.14. The third-order valence-electron chi connectivity index (χ3n) is 5.67. The second-order valence-corrected chi connectivity index (χ2v) is 8.47. The number of halogens is 1. The molecule has 1 aliphatic rings. The number of aromatic nitrogens is 2. The molecule has 0 unspecified atom stereocenters. The number of allylic oxidation sites excluding steroid dienone is 1. The van der Waals surface area contributed by atoms with Crippen LogP contribution in [0, 0.1) is 17.1 Å². The number of nitrogens with zero attached hydrogens (tertiary/aromatic N) is 3. The van der Waals surface area contributed by atoms with Crippen molar-refractivity contribution < 1.29 is 13.9 Å². The van der Waals surface area contributed by atoms with Crippen molar-refractivity contribution in [1.82, 2.24) is 9.55 Å². The molecule has 2 aromatic heterocycles. The van der Waals surface area contributed by atoms with Gasteiger partial charge in [-0.2, -0.15) is 5.26 Å². The maximum Gasteiger partial charge on any atom is 0.136 e. The fourth-order valence-corrected chi connectivity index (χ4v) is 4.94. The highest BCUT2D eigenvalue weighted by atomic mass is 32.1. The SMILES string of the molecule is COCc1nc2cscc2n1Cc1ccc2c(c1)COc1cc(F)ccc1/C2=C(/C)C#N. The van der Waals surface area contributed by atoms with Crippen LogP contribution in [0.25, 0.3) is 16.6 Å². The Bertz CT molecular complexity index is 1410. The van der Waals surface area contributed by atoms with Crippen LogP contribution in [0.1, 0.15) is 35.0 Å². The zero-order chi connectivity index (χ0) is 22.2. The molecule has 0 radical (unpaired) electrons. The molecule has 0 fully saturated rings. The van der Waals surface area contributed by atoms with E-state index in [2.05, 4.69) is 33.1 Å². The van der Waals surface area contributed by atoms with Gasteiger partial charge in [0, 0.05) is 47.2 Å². The molecule has 0 saturated heterocycles. The minimum atomic E-state index is -0.366. The summed E-state index contributed by atoms with van der Waals surface area (Å²) in [6.07, 6.45) is 0. The van der Waals surface area contributed by atoms with E-state index in [-0.39, 0.29) is 5.82 Å². The quantitative estimate of drug-likeness (QED) is 0.380. The Labute approximate surface area is 189 Å². The van der Waals surface area contributed by atoms with Gasteiger partial charge in [0.2, 0.25) is 0 Å². The monoisotopic (exact) mass is 445 g/mol. The van der Waals surface area contributed by atoms with Gasteiger partial charge in [0.1, 0.15) is 30.6 Å². The number of fused-ring (bicyclic) bond motifs is 3. The van der Waals surface area contributed by atoms with Crippen LogP contribution >= 0.6 is 11.3 Å². The van der Waals surface area contributed by atoms with Crippen molar-refractivity contribution in [2.45, 2.75) is 26.7 Å². The number of thiophene rings is 1. The number of ether oxygens (including phenoxy) is 2. The van der Waals surface area contributed by atoms with Crippen molar-refractivity contribution in [2.24, 2.45) is 0 Å². The standard InChI is InChI=1S/C25H20FN3O2S/c1-15(9-27)25-19-5-3-16(7-17(19)11-31-23-8-18(26)4-6-20(23)25)10-29-22-14-32-13-21(22)28-24(29)12-30-2/h3-8,13-14H,10-12H2,1-2H3/b25-15-. The Morgan fingerprint density at radius 3 is 2.91 bits per heavy atom. The van der Waals surface area contributed by atoms with Gasteiger partial charge in [-0.25, -0.2) is 9.37 Å². The fourth-order valence-electron chi connectivity index (χ4n) is 4.20. The van der Waals surface area contributed by atoms with Crippen LogP contribution in [0.3, 0.4) is 0 Å². The first-order chi connectivity index (χ1) is 15.6. The first kappa shape index (κ1) is 20.4. The number of hydrogen-bond acceptors (Lipinski definition) is 5. The second-order valence-electron chi connectivity index (χ2n) is 7.72. The minimum Gasteiger partial charge on any atom is -0.488 e. The molecule has 4 aromatic rings. The van der Waals surface area contributed by atoms with E-state index in [1.165, 1.54) is 12.1 Å². The zero-order valence-electron chi connectivity index (χ0n) is 17.7. The Morgan fingerprint density at radius 2 is 2.09 bits per heavy atom. The molecule has 0 spiro atoms. The summed E-state index contributed by atoms with van der Waals surface area (Å²) in [5.41, 5.74) is 7.10. The lowest BCUT2D eigenvalue weighted by Crippen LogP contribution is -2.07. The number of imidazole rings is 1. The van der Waals surface area contributed by atoms with Gasteiger partial charge in [-0.1, -0.05) is 12.1 Å². The lowest BCUT2D eigenvalue weighted by molar-refractivity contribution is 0.175. The maximum absolute atomic E-state index is 13.9. The lowest BCUT2D eigenvalue weighted by Gasteiger charge is -2.14. The van der Waals surface area contributed by atoms with E-state index in [9.17, 15) is 9.65 Å². The number of rotatable bonds is 4. The predicted octanol–water partition coefficient (Wildman–Crippen LogP) is 5.67. The summed E-state index contributed by atoms with van der Waals surface area (Å²) in [7, 11) is 1.66. The molecule has 0 atom stereocenters. The van der Waals surface area contributed by atoms with Crippen LogP contribution in [0.15, 0.2) is 52.7 Å². The first-order valence-electron chi connectivity index (χ1n) is 10.1. The molecule has 0 aliphatic carbocycles. The van der Waals surface area contributed by atoms with Crippen LogP contribution in [0.5, 0.6) is 5.75 Å². The molecule has 1 aliphatic heterocycles. The Balaban J connectivity index is 1.59. The van der Waals surface area contributed by atoms with Crippen LogP contribution < -0.4 is 4.74 Å². The number of hydrogen-bond donors (Lipinski definition) is 0. The molecular formula is C25H20FN3O2S. The molecule has 2 aromatic carbocycles. The highest BCUT2D eigenvalue weighted by Gasteiger charge is 2.22. The highest BCUT2D eigenvalue weighted by Crippen LogP contribution is 2.39. The molecule has 160 valence electrons. The van der Waals surface area contributed by atoms with Crippen molar-refractivity contribution in [3.63, 3.8) is 0 Å². The summed E-state index contributed by atoms with van der Waals surface area (Å²) in [5, 5.41) is 13.8. The van der Waals surface area contributed by atoms with E-state index in [0.29, 0.717) is 31.1 Å². The highest BCUT2D eigenvalue weighted by molar-refractivity contribution is 7.09. The first-order valence-corrected chi connectivity index (χ1v) is 11.1. The molecule has 3 heterocycles. The second kappa shape index (κ2) is 8.23. The molecule has 0 bridgehead atoms. The average Bonchev–Trinajstić information content (AvgIpc) is 3.32. The van der Waals surface area contributed by atoms with Crippen LogP contribution in [0.2, 0.25) is 0 Å². The molecular weight excluding hydrogens is 425 g/mol. The van der Waals surface area contributed by atoms with Gasteiger partial charge >= 0.3 is 0 Å². The number of benzene rings is 2. The van der Waals surface area contributed by atoms with E-state index >= 15 is 0 Å². The summed E-state index contributed by atoms with van der Waals surface area (Å²) < 4.78 is 27.3. The molecule has 0 amide bonds. The summed E-state index contributed by atoms with van der Waals surface area (Å²) in [4.78, 5) is 4.69. The van der Waals surface area contributed by atoms with E-state index in [0.717, 1.165) is 44.7 Å². The fraction of sp³-hybridized carbons (Fsp3) is 0.200. The van der Waals surface area contributed by atoms with Gasteiger partial charge < -0.3 is 14.0 Å². The Morgan fingerprint density at radius 1 is 1.25 bits per heavy atom. The van der Waals surface area contributed by atoms with Crippen LogP contribution in [0.4, 0.5) is 4.39 Å². The van der Waals surface area contributed by atoms with Gasteiger partial charge in [-0.3, -0.25) is 0 Å². The van der Waals surface area contributed by atoms with Gasteiger partial charge in [-0.05, 0) is 41.8 Å². The smallest absolute Gasteiger partial charge is 0.136 e. The van der Waals surface area contributed by atoms with Gasteiger partial charge in [0.25, 0.3) is 0 Å². The van der Waals surface area contributed by atoms with Gasteiger partial charge in [0.05, 0.1) is 17.1 Å². The third-order valence-corrected chi connectivity index (χ3v) is 6.38. The molecule has 32 heavy (non-hydrogen) atoms. The maximum atomic E-state index is 13.9. The number of nitriles is 1. The van der Waals surface area contributed by atoms with E-state index in [1.54, 1.807) is 31.4 Å². The topological polar surface area (TPSA) is 60.1 Å². The van der Waals surface area contributed by atoms with Crippen molar-refractivity contribution in [3.8, 4) is 11.8 Å². The summed E-state index contributed by atoms with van der Waals surface area (Å²) in [5.74, 6) is 0.958. The van der Waals surface area contributed by atoms with Crippen LogP contribution in [-0.4, -0.2) is 16.7 Å². The van der Waals surface area contributed by atoms with Crippen molar-refractivity contribution >= 4 is 27.9 Å². The van der Waals surface area contributed by atoms with Crippen molar-refractivity contribution in [3.05, 3.63) is 86.6 Å². The normalized spacial score (nSPS) is 14.3. The molecule has 5 rings (SSSR count). The van der Waals surface area contributed by atoms with E-state index in [1.807, 2.05) is 11.4 Å². The molecule has 7 heteroatoms. The Kier molecular flexibility index (Phi) is 5.25. The number of methoxy groups -OCH3 is 1. The van der Waals surface area contributed by atoms with Crippen LogP contribution in [-0.2, 0) is 24.5 Å². The third kappa shape index (κ3) is 3.48.